The summed E-state index contributed by atoms with van der Waals surface area (Å²) in [4.78, 5) is 16.4. The van der Waals surface area contributed by atoms with Gasteiger partial charge in [0.2, 0.25) is 0 Å². The highest BCUT2D eigenvalue weighted by Gasteiger charge is 2.28. The van der Waals surface area contributed by atoms with E-state index in [9.17, 15) is 4.79 Å². The summed E-state index contributed by atoms with van der Waals surface area (Å²) in [5.74, 6) is 0.770. The number of piperidine rings is 2. The third kappa shape index (κ3) is 3.37. The van der Waals surface area contributed by atoms with Crippen molar-refractivity contribution in [2.45, 2.75) is 45.6 Å². The van der Waals surface area contributed by atoms with Crippen LogP contribution >= 0.6 is 0 Å². The van der Waals surface area contributed by atoms with Crippen LogP contribution in [0.2, 0.25) is 0 Å². The van der Waals surface area contributed by atoms with Crippen molar-refractivity contribution >= 4 is 6.03 Å². The molecule has 1 unspecified atom stereocenters. The lowest BCUT2D eigenvalue weighted by molar-refractivity contribution is 0.0104. The summed E-state index contributed by atoms with van der Waals surface area (Å²) in [6, 6.07) is 0.228. The number of carbonyl (C=O) groups is 1. The second-order valence-electron chi connectivity index (χ2n) is 5.62. The van der Waals surface area contributed by atoms with Crippen LogP contribution < -0.4 is 0 Å². The molecule has 0 saturated carbocycles. The topological polar surface area (TPSA) is 32.8 Å². The predicted molar refractivity (Wildman–Crippen MR) is 71.6 cm³/mol. The van der Waals surface area contributed by atoms with Crippen molar-refractivity contribution in [3.05, 3.63) is 0 Å². The number of amides is 2. The Hall–Kier alpha value is -0.770. The highest BCUT2D eigenvalue weighted by Crippen LogP contribution is 2.20. The first-order chi connectivity index (χ1) is 8.70. The molecule has 2 fully saturated rings. The van der Waals surface area contributed by atoms with Gasteiger partial charge in [0.15, 0.2) is 0 Å². The first-order valence-corrected chi connectivity index (χ1v) is 7.36. The maximum atomic E-state index is 12.4. The number of likely N-dealkylation sites (tertiary alicyclic amines) is 2. The molecule has 2 aliphatic heterocycles. The molecule has 2 saturated heterocycles. The van der Waals surface area contributed by atoms with Crippen LogP contribution in [0.5, 0.6) is 0 Å². The molecular formula is C14H26N2O2. The first-order valence-electron chi connectivity index (χ1n) is 7.36. The van der Waals surface area contributed by atoms with Gasteiger partial charge in [-0.25, -0.2) is 4.79 Å². The molecule has 4 nitrogen and oxygen atoms in total. The van der Waals surface area contributed by atoms with Crippen LogP contribution in [-0.2, 0) is 4.74 Å². The first kappa shape index (κ1) is 13.7. The van der Waals surface area contributed by atoms with E-state index in [2.05, 4.69) is 6.92 Å². The van der Waals surface area contributed by atoms with Crippen molar-refractivity contribution in [1.82, 2.24) is 9.80 Å². The summed E-state index contributed by atoms with van der Waals surface area (Å²) in [5, 5.41) is 0. The molecule has 1 atom stereocenters. The van der Waals surface area contributed by atoms with Crippen LogP contribution in [0.25, 0.3) is 0 Å². The van der Waals surface area contributed by atoms with Crippen LogP contribution in [-0.4, -0.2) is 54.7 Å². The maximum absolute atomic E-state index is 12.4. The molecule has 0 aromatic carbocycles. The smallest absolute Gasteiger partial charge is 0.320 e. The van der Waals surface area contributed by atoms with Gasteiger partial charge in [0.05, 0.1) is 6.10 Å². The van der Waals surface area contributed by atoms with Crippen LogP contribution in [0.3, 0.4) is 0 Å². The van der Waals surface area contributed by atoms with E-state index in [1.165, 1.54) is 0 Å². The van der Waals surface area contributed by atoms with Gasteiger partial charge in [0.1, 0.15) is 0 Å². The molecule has 2 heterocycles. The fourth-order valence-corrected chi connectivity index (χ4v) is 2.88. The van der Waals surface area contributed by atoms with Crippen molar-refractivity contribution in [2.75, 3.05) is 32.8 Å². The highest BCUT2D eigenvalue weighted by atomic mass is 16.5. The number of rotatable bonds is 2. The zero-order valence-corrected chi connectivity index (χ0v) is 11.7. The molecule has 0 aromatic rings. The molecule has 18 heavy (non-hydrogen) atoms. The standard InChI is InChI=1S/C14H26N2O2/c1-3-18-13-5-4-8-16(11-13)14(17)15-9-6-12(2)7-10-15/h12-13H,3-11H2,1-2H3. The Bertz CT molecular complexity index is 273. The van der Waals surface area contributed by atoms with E-state index in [0.717, 1.165) is 64.4 Å². The van der Waals surface area contributed by atoms with E-state index in [0.29, 0.717) is 0 Å². The van der Waals surface area contributed by atoms with Gasteiger partial charge in [0.25, 0.3) is 0 Å². The number of ether oxygens (including phenoxy) is 1. The lowest BCUT2D eigenvalue weighted by Gasteiger charge is -2.38. The molecule has 2 rings (SSSR count). The molecule has 4 heteroatoms. The van der Waals surface area contributed by atoms with Gasteiger partial charge in [-0.1, -0.05) is 6.92 Å². The van der Waals surface area contributed by atoms with E-state index in [-0.39, 0.29) is 12.1 Å². The Kier molecular flexibility index (Phi) is 4.87. The van der Waals surface area contributed by atoms with Gasteiger partial charge in [0, 0.05) is 32.8 Å². The number of hydrogen-bond acceptors (Lipinski definition) is 2. The average Bonchev–Trinajstić information content (AvgIpc) is 2.39. The Morgan fingerprint density at radius 2 is 1.89 bits per heavy atom. The summed E-state index contributed by atoms with van der Waals surface area (Å²) >= 11 is 0. The van der Waals surface area contributed by atoms with E-state index < -0.39 is 0 Å². The van der Waals surface area contributed by atoms with Crippen molar-refractivity contribution in [1.29, 1.82) is 0 Å². The second-order valence-corrected chi connectivity index (χ2v) is 5.62. The average molecular weight is 254 g/mol. The minimum absolute atomic E-state index is 0.228. The minimum atomic E-state index is 0.228. The summed E-state index contributed by atoms with van der Waals surface area (Å²) in [6.45, 7) is 8.56. The van der Waals surface area contributed by atoms with Crippen LogP contribution in [0.15, 0.2) is 0 Å². The quantitative estimate of drug-likeness (QED) is 0.757. The molecule has 2 amide bonds. The van der Waals surface area contributed by atoms with Crippen LogP contribution in [0, 0.1) is 5.92 Å². The van der Waals surface area contributed by atoms with Gasteiger partial charge in [-0.15, -0.1) is 0 Å². The molecule has 2 aliphatic rings. The van der Waals surface area contributed by atoms with Crippen LogP contribution in [0.4, 0.5) is 4.79 Å². The van der Waals surface area contributed by atoms with Crippen LogP contribution in [0.1, 0.15) is 39.5 Å². The monoisotopic (exact) mass is 254 g/mol. The lowest BCUT2D eigenvalue weighted by Crippen LogP contribution is -2.51. The fourth-order valence-electron chi connectivity index (χ4n) is 2.88. The lowest BCUT2D eigenvalue weighted by atomic mass is 9.99. The fraction of sp³-hybridized carbons (Fsp3) is 0.929. The van der Waals surface area contributed by atoms with E-state index in [1.54, 1.807) is 0 Å². The largest absolute Gasteiger partial charge is 0.377 e. The Morgan fingerprint density at radius 1 is 1.17 bits per heavy atom. The molecule has 0 N–H and O–H groups in total. The van der Waals surface area contributed by atoms with Crippen molar-refractivity contribution in [3.63, 3.8) is 0 Å². The predicted octanol–water partition coefficient (Wildman–Crippen LogP) is 2.34. The minimum Gasteiger partial charge on any atom is -0.377 e. The molecule has 104 valence electrons. The number of urea groups is 1. The third-order valence-corrected chi connectivity index (χ3v) is 4.11. The van der Waals surface area contributed by atoms with E-state index in [4.69, 9.17) is 4.74 Å². The molecule has 0 aliphatic carbocycles. The second kappa shape index (κ2) is 6.41. The molecule has 0 aromatic heterocycles. The number of hydrogen-bond donors (Lipinski definition) is 0. The van der Waals surface area contributed by atoms with E-state index >= 15 is 0 Å². The Labute approximate surface area is 110 Å². The Balaban J connectivity index is 1.84. The zero-order chi connectivity index (χ0) is 13.0. The summed E-state index contributed by atoms with van der Waals surface area (Å²) in [7, 11) is 0. The molecule has 0 bridgehead atoms. The maximum Gasteiger partial charge on any atom is 0.320 e. The van der Waals surface area contributed by atoms with Gasteiger partial charge >= 0.3 is 6.03 Å². The van der Waals surface area contributed by atoms with Gasteiger partial charge in [-0.2, -0.15) is 0 Å². The molecule has 0 radical (unpaired) electrons. The van der Waals surface area contributed by atoms with Crippen molar-refractivity contribution in [3.8, 4) is 0 Å². The normalized spacial score (nSPS) is 26.4. The van der Waals surface area contributed by atoms with Gasteiger partial charge < -0.3 is 14.5 Å². The molecule has 0 spiro atoms. The number of carbonyl (C=O) groups excluding carboxylic acids is 1. The zero-order valence-electron chi connectivity index (χ0n) is 11.7. The summed E-state index contributed by atoms with van der Waals surface area (Å²) in [6.07, 6.45) is 4.70. The number of nitrogens with zero attached hydrogens (tertiary/aromatic N) is 2. The summed E-state index contributed by atoms with van der Waals surface area (Å²) < 4.78 is 5.66. The highest BCUT2D eigenvalue weighted by molar-refractivity contribution is 5.74. The SMILES string of the molecule is CCOC1CCCN(C(=O)N2CCC(C)CC2)C1. The molecular weight excluding hydrogens is 228 g/mol. The Morgan fingerprint density at radius 3 is 2.56 bits per heavy atom. The third-order valence-electron chi connectivity index (χ3n) is 4.11. The summed E-state index contributed by atoms with van der Waals surface area (Å²) in [5.41, 5.74) is 0. The van der Waals surface area contributed by atoms with Gasteiger partial charge in [-0.05, 0) is 38.5 Å². The van der Waals surface area contributed by atoms with Crippen molar-refractivity contribution in [2.24, 2.45) is 5.92 Å². The van der Waals surface area contributed by atoms with E-state index in [1.807, 2.05) is 16.7 Å². The van der Waals surface area contributed by atoms with Gasteiger partial charge in [-0.3, -0.25) is 0 Å². The van der Waals surface area contributed by atoms with Crippen molar-refractivity contribution < 1.29 is 9.53 Å².